The Hall–Kier alpha value is -3.48. The molecular formula is C24H16Cl2O6. The molecule has 1 heterocycles. The fourth-order valence-electron chi connectivity index (χ4n) is 2.99. The molecular weight excluding hydrogens is 455 g/mol. The van der Waals surface area contributed by atoms with E-state index in [0.717, 1.165) is 5.56 Å². The van der Waals surface area contributed by atoms with Gasteiger partial charge in [-0.25, -0.2) is 4.79 Å². The van der Waals surface area contributed by atoms with Crippen LogP contribution in [-0.4, -0.2) is 19.7 Å². The molecule has 0 saturated carbocycles. The molecule has 1 aromatic heterocycles. The quantitative estimate of drug-likeness (QED) is 0.263. The molecule has 0 unspecified atom stereocenters. The van der Waals surface area contributed by atoms with Gasteiger partial charge in [0.1, 0.15) is 28.6 Å². The van der Waals surface area contributed by atoms with Crippen LogP contribution in [0.25, 0.3) is 22.3 Å². The first-order chi connectivity index (χ1) is 15.4. The summed E-state index contributed by atoms with van der Waals surface area (Å²) in [4.78, 5) is 24.8. The van der Waals surface area contributed by atoms with E-state index in [-0.39, 0.29) is 28.2 Å². The van der Waals surface area contributed by atoms with Crippen LogP contribution in [0, 0.1) is 0 Å². The monoisotopic (exact) mass is 470 g/mol. The van der Waals surface area contributed by atoms with Crippen LogP contribution in [0.4, 0.5) is 0 Å². The maximum atomic E-state index is 12.6. The van der Waals surface area contributed by atoms with Gasteiger partial charge in [0, 0.05) is 16.7 Å². The molecule has 0 aliphatic rings. The van der Waals surface area contributed by atoms with Crippen LogP contribution in [0.5, 0.6) is 17.2 Å². The summed E-state index contributed by atoms with van der Waals surface area (Å²) in [5, 5.41) is 1.02. The normalized spacial score (nSPS) is 10.7. The number of ether oxygens (including phenoxy) is 3. The number of rotatable bonds is 6. The maximum absolute atomic E-state index is 12.6. The number of hydrogen-bond donors (Lipinski definition) is 0. The van der Waals surface area contributed by atoms with E-state index in [4.69, 9.17) is 41.8 Å². The zero-order chi connectivity index (χ0) is 22.7. The third-order valence-electron chi connectivity index (χ3n) is 4.54. The Morgan fingerprint density at radius 1 is 0.938 bits per heavy atom. The minimum Gasteiger partial charge on any atom is -0.497 e. The van der Waals surface area contributed by atoms with Crippen molar-refractivity contribution in [3.05, 3.63) is 87.0 Å². The SMILES string of the molecule is COc1ccc(-c2cc(=O)c3cc(OC(=O)COc4ccc(Cl)cc4Cl)ccc3o2)cc1. The Bertz CT molecular complexity index is 1350. The molecule has 0 amide bonds. The standard InChI is InChI=1S/C24H16Cl2O6/c1-29-16-5-2-14(3-6-16)23-12-20(27)18-11-17(7-9-21(18)32-23)31-24(28)13-30-22-8-4-15(25)10-19(22)26/h2-12H,13H2,1H3. The summed E-state index contributed by atoms with van der Waals surface area (Å²) in [5.41, 5.74) is 0.838. The summed E-state index contributed by atoms with van der Waals surface area (Å²) in [5.74, 6) is 0.958. The highest BCUT2D eigenvalue weighted by Crippen LogP contribution is 2.28. The number of methoxy groups -OCH3 is 1. The highest BCUT2D eigenvalue weighted by atomic mass is 35.5. The fraction of sp³-hybridized carbons (Fsp3) is 0.0833. The third-order valence-corrected chi connectivity index (χ3v) is 5.07. The summed E-state index contributed by atoms with van der Waals surface area (Å²) in [6, 6.07) is 17.8. The van der Waals surface area contributed by atoms with Crippen LogP contribution >= 0.6 is 23.2 Å². The van der Waals surface area contributed by atoms with E-state index in [1.165, 1.54) is 24.3 Å². The third kappa shape index (κ3) is 4.88. The lowest BCUT2D eigenvalue weighted by Crippen LogP contribution is -2.18. The van der Waals surface area contributed by atoms with Crippen molar-refractivity contribution in [3.63, 3.8) is 0 Å². The molecule has 0 aliphatic heterocycles. The van der Waals surface area contributed by atoms with Gasteiger partial charge >= 0.3 is 5.97 Å². The topological polar surface area (TPSA) is 75.0 Å². The van der Waals surface area contributed by atoms with Crippen molar-refractivity contribution in [2.45, 2.75) is 0 Å². The first kappa shape index (κ1) is 21.7. The zero-order valence-electron chi connectivity index (χ0n) is 16.8. The van der Waals surface area contributed by atoms with Crippen molar-refractivity contribution in [3.8, 4) is 28.6 Å². The number of carbonyl (C=O) groups is 1. The molecule has 0 atom stereocenters. The fourth-order valence-corrected chi connectivity index (χ4v) is 3.45. The lowest BCUT2D eigenvalue weighted by molar-refractivity contribution is -0.136. The highest BCUT2D eigenvalue weighted by molar-refractivity contribution is 6.35. The number of carbonyl (C=O) groups excluding carboxylic acids is 1. The van der Waals surface area contributed by atoms with E-state index >= 15 is 0 Å². The van der Waals surface area contributed by atoms with Gasteiger partial charge in [0.2, 0.25) is 0 Å². The van der Waals surface area contributed by atoms with Gasteiger partial charge in [0.25, 0.3) is 0 Å². The van der Waals surface area contributed by atoms with Crippen molar-refractivity contribution in [1.29, 1.82) is 0 Å². The molecule has 0 N–H and O–H groups in total. The van der Waals surface area contributed by atoms with Gasteiger partial charge in [-0.2, -0.15) is 0 Å². The predicted octanol–water partition coefficient (Wildman–Crippen LogP) is 5.76. The van der Waals surface area contributed by atoms with E-state index in [1.54, 1.807) is 49.6 Å². The number of esters is 1. The minimum absolute atomic E-state index is 0.192. The van der Waals surface area contributed by atoms with Gasteiger partial charge < -0.3 is 18.6 Å². The molecule has 4 rings (SSSR count). The molecule has 32 heavy (non-hydrogen) atoms. The Labute approximate surface area is 192 Å². The smallest absolute Gasteiger partial charge is 0.349 e. The highest BCUT2D eigenvalue weighted by Gasteiger charge is 2.12. The van der Waals surface area contributed by atoms with Crippen molar-refractivity contribution >= 4 is 40.1 Å². The Morgan fingerprint density at radius 3 is 2.41 bits per heavy atom. The molecule has 3 aromatic carbocycles. The molecule has 6 nitrogen and oxygen atoms in total. The zero-order valence-corrected chi connectivity index (χ0v) is 18.3. The first-order valence-corrected chi connectivity index (χ1v) is 10.2. The minimum atomic E-state index is -0.658. The predicted molar refractivity (Wildman–Crippen MR) is 122 cm³/mol. The van der Waals surface area contributed by atoms with E-state index < -0.39 is 5.97 Å². The number of fused-ring (bicyclic) bond motifs is 1. The van der Waals surface area contributed by atoms with Gasteiger partial charge in [0.05, 0.1) is 17.5 Å². The van der Waals surface area contributed by atoms with Gasteiger partial charge in [0.15, 0.2) is 12.0 Å². The van der Waals surface area contributed by atoms with Crippen LogP contribution in [-0.2, 0) is 4.79 Å². The van der Waals surface area contributed by atoms with Gasteiger partial charge in [-0.1, -0.05) is 23.2 Å². The van der Waals surface area contributed by atoms with E-state index in [1.807, 2.05) is 0 Å². The molecule has 162 valence electrons. The van der Waals surface area contributed by atoms with Crippen molar-refractivity contribution < 1.29 is 23.4 Å². The molecule has 0 saturated heterocycles. The summed E-state index contributed by atoms with van der Waals surface area (Å²) < 4.78 is 21.6. The second-order valence-corrected chi connectivity index (χ2v) is 7.54. The largest absolute Gasteiger partial charge is 0.497 e. The number of hydrogen-bond acceptors (Lipinski definition) is 6. The number of halogens is 2. The maximum Gasteiger partial charge on any atom is 0.349 e. The lowest BCUT2D eigenvalue weighted by Gasteiger charge is -2.09. The number of benzene rings is 3. The molecule has 0 spiro atoms. The summed E-state index contributed by atoms with van der Waals surface area (Å²) in [7, 11) is 1.58. The summed E-state index contributed by atoms with van der Waals surface area (Å²) >= 11 is 11.8. The molecule has 0 fully saturated rings. The molecule has 0 aliphatic carbocycles. The van der Waals surface area contributed by atoms with E-state index in [2.05, 4.69) is 0 Å². The van der Waals surface area contributed by atoms with Crippen molar-refractivity contribution in [1.82, 2.24) is 0 Å². The van der Waals surface area contributed by atoms with Crippen LogP contribution in [0.2, 0.25) is 10.0 Å². The second kappa shape index (κ2) is 9.34. The van der Waals surface area contributed by atoms with Crippen LogP contribution in [0.1, 0.15) is 0 Å². The van der Waals surface area contributed by atoms with Crippen LogP contribution in [0.15, 0.2) is 75.9 Å². The first-order valence-electron chi connectivity index (χ1n) is 9.44. The Morgan fingerprint density at radius 2 is 1.69 bits per heavy atom. The van der Waals surface area contributed by atoms with Crippen molar-refractivity contribution in [2.24, 2.45) is 0 Å². The van der Waals surface area contributed by atoms with Gasteiger partial charge in [-0.3, -0.25) is 4.79 Å². The average molecular weight is 471 g/mol. The lowest BCUT2D eigenvalue weighted by atomic mass is 10.1. The second-order valence-electron chi connectivity index (χ2n) is 6.70. The Kier molecular flexibility index (Phi) is 6.35. The average Bonchev–Trinajstić information content (AvgIpc) is 2.79. The molecule has 0 radical (unpaired) electrons. The van der Waals surface area contributed by atoms with Gasteiger partial charge in [-0.15, -0.1) is 0 Å². The van der Waals surface area contributed by atoms with Crippen LogP contribution < -0.4 is 19.6 Å². The molecule has 4 aromatic rings. The molecule has 8 heteroatoms. The van der Waals surface area contributed by atoms with E-state index in [9.17, 15) is 9.59 Å². The molecule has 0 bridgehead atoms. The van der Waals surface area contributed by atoms with E-state index in [0.29, 0.717) is 27.9 Å². The van der Waals surface area contributed by atoms with Crippen molar-refractivity contribution in [2.75, 3.05) is 13.7 Å². The van der Waals surface area contributed by atoms with Gasteiger partial charge in [-0.05, 0) is 60.7 Å². The summed E-state index contributed by atoms with van der Waals surface area (Å²) in [6.07, 6.45) is 0. The van der Waals surface area contributed by atoms with Crippen LogP contribution in [0.3, 0.4) is 0 Å². The Balaban J connectivity index is 1.49. The summed E-state index contributed by atoms with van der Waals surface area (Å²) in [6.45, 7) is -0.371.